The molecule has 6 heteroatoms. The number of hydrogen-bond donors (Lipinski definition) is 2. The topological polar surface area (TPSA) is 76.7 Å². The summed E-state index contributed by atoms with van der Waals surface area (Å²) in [5.41, 5.74) is 7.14. The molecule has 0 fully saturated rings. The fraction of sp³-hybridized carbons (Fsp3) is 0.300. The van der Waals surface area contributed by atoms with Gasteiger partial charge in [0.05, 0.1) is 6.61 Å². The molecule has 0 aromatic heterocycles. The predicted molar refractivity (Wildman–Crippen MR) is 99.2 cm³/mol. The third-order valence-electron chi connectivity index (χ3n) is 3.75. The Hall–Kier alpha value is -3.02. The lowest BCUT2D eigenvalue weighted by atomic mass is 10.1. The standard InChI is InChI=1S/C20H24N2O4/c1-5-25-16-8-10-17(11-9-16)26-15(4)19(23)21-22-20(24)18-12-13(2)6-7-14(18)3/h6-12,15H,5H2,1-4H3,(H,21,23)(H,22,24)/t15-/m0/s1. The molecule has 0 aliphatic carbocycles. The number of hydrogen-bond acceptors (Lipinski definition) is 4. The Kier molecular flexibility index (Phi) is 6.60. The summed E-state index contributed by atoms with van der Waals surface area (Å²) in [6, 6.07) is 12.6. The van der Waals surface area contributed by atoms with Crippen molar-refractivity contribution in [1.82, 2.24) is 10.9 Å². The molecule has 0 heterocycles. The van der Waals surface area contributed by atoms with E-state index in [0.29, 0.717) is 17.9 Å². The van der Waals surface area contributed by atoms with Crippen molar-refractivity contribution in [1.29, 1.82) is 0 Å². The molecule has 1 atom stereocenters. The fourth-order valence-electron chi connectivity index (χ4n) is 2.31. The van der Waals surface area contributed by atoms with Gasteiger partial charge in [-0.15, -0.1) is 0 Å². The molecule has 0 radical (unpaired) electrons. The Morgan fingerprint density at radius 1 is 1.00 bits per heavy atom. The summed E-state index contributed by atoms with van der Waals surface area (Å²) in [4.78, 5) is 24.4. The van der Waals surface area contributed by atoms with E-state index in [1.807, 2.05) is 32.9 Å². The second kappa shape index (κ2) is 8.89. The zero-order valence-corrected chi connectivity index (χ0v) is 15.5. The highest BCUT2D eigenvalue weighted by molar-refractivity contribution is 5.97. The van der Waals surface area contributed by atoms with Crippen LogP contribution < -0.4 is 20.3 Å². The first-order valence-electron chi connectivity index (χ1n) is 8.47. The third-order valence-corrected chi connectivity index (χ3v) is 3.75. The number of amides is 2. The first-order chi connectivity index (χ1) is 12.4. The number of aryl methyl sites for hydroxylation is 2. The summed E-state index contributed by atoms with van der Waals surface area (Å²) in [7, 11) is 0. The normalized spacial score (nSPS) is 11.4. The maximum atomic E-state index is 12.2. The van der Waals surface area contributed by atoms with Crippen LogP contribution in [0.25, 0.3) is 0 Å². The number of hydrazine groups is 1. The van der Waals surface area contributed by atoms with E-state index in [9.17, 15) is 9.59 Å². The van der Waals surface area contributed by atoms with Crippen LogP contribution >= 0.6 is 0 Å². The Morgan fingerprint density at radius 3 is 2.31 bits per heavy atom. The van der Waals surface area contributed by atoms with Crippen molar-refractivity contribution >= 4 is 11.8 Å². The minimum Gasteiger partial charge on any atom is -0.494 e. The van der Waals surface area contributed by atoms with Gasteiger partial charge in [0.25, 0.3) is 11.8 Å². The molecule has 0 aliphatic rings. The predicted octanol–water partition coefficient (Wildman–Crippen LogP) is 2.93. The lowest BCUT2D eigenvalue weighted by Crippen LogP contribution is -2.47. The van der Waals surface area contributed by atoms with Crippen LogP contribution in [0.5, 0.6) is 11.5 Å². The van der Waals surface area contributed by atoms with Crippen molar-refractivity contribution in [2.45, 2.75) is 33.8 Å². The van der Waals surface area contributed by atoms with E-state index in [1.165, 1.54) is 0 Å². The molecule has 0 aliphatic heterocycles. The molecule has 2 aromatic carbocycles. The monoisotopic (exact) mass is 356 g/mol. The number of carbonyl (C=O) groups is 2. The Bertz CT molecular complexity index is 772. The lowest BCUT2D eigenvalue weighted by Gasteiger charge is -2.16. The maximum Gasteiger partial charge on any atom is 0.279 e. The Labute approximate surface area is 153 Å². The zero-order valence-electron chi connectivity index (χ0n) is 15.5. The van der Waals surface area contributed by atoms with Crippen molar-refractivity contribution in [3.63, 3.8) is 0 Å². The number of ether oxygens (including phenoxy) is 2. The van der Waals surface area contributed by atoms with Crippen molar-refractivity contribution in [3.8, 4) is 11.5 Å². The molecular formula is C20H24N2O4. The van der Waals surface area contributed by atoms with E-state index >= 15 is 0 Å². The van der Waals surface area contributed by atoms with Crippen LogP contribution in [0.3, 0.4) is 0 Å². The second-order valence-corrected chi connectivity index (χ2v) is 5.93. The lowest BCUT2D eigenvalue weighted by molar-refractivity contribution is -0.128. The number of rotatable bonds is 6. The van der Waals surface area contributed by atoms with E-state index in [4.69, 9.17) is 9.47 Å². The van der Waals surface area contributed by atoms with E-state index in [1.54, 1.807) is 37.3 Å². The summed E-state index contributed by atoms with van der Waals surface area (Å²) in [6.45, 7) is 7.84. The largest absolute Gasteiger partial charge is 0.494 e. The first kappa shape index (κ1) is 19.3. The van der Waals surface area contributed by atoms with Crippen LogP contribution in [0.15, 0.2) is 42.5 Å². The fourth-order valence-corrected chi connectivity index (χ4v) is 2.31. The first-order valence-corrected chi connectivity index (χ1v) is 8.47. The summed E-state index contributed by atoms with van der Waals surface area (Å²) < 4.78 is 10.9. The van der Waals surface area contributed by atoms with Crippen molar-refractivity contribution in [3.05, 3.63) is 59.2 Å². The molecule has 26 heavy (non-hydrogen) atoms. The van der Waals surface area contributed by atoms with Gasteiger partial charge in [0.2, 0.25) is 0 Å². The van der Waals surface area contributed by atoms with Gasteiger partial charge in [-0.05, 0) is 63.6 Å². The Morgan fingerprint density at radius 2 is 1.65 bits per heavy atom. The molecule has 0 unspecified atom stereocenters. The molecule has 2 amide bonds. The van der Waals surface area contributed by atoms with Gasteiger partial charge in [-0.3, -0.25) is 20.4 Å². The maximum absolute atomic E-state index is 12.2. The van der Waals surface area contributed by atoms with E-state index in [0.717, 1.165) is 16.9 Å². The van der Waals surface area contributed by atoms with E-state index in [2.05, 4.69) is 10.9 Å². The zero-order chi connectivity index (χ0) is 19.1. The molecule has 6 nitrogen and oxygen atoms in total. The van der Waals surface area contributed by atoms with Gasteiger partial charge in [-0.2, -0.15) is 0 Å². The average Bonchev–Trinajstić information content (AvgIpc) is 2.63. The van der Waals surface area contributed by atoms with Crippen molar-refractivity contribution in [2.24, 2.45) is 0 Å². The summed E-state index contributed by atoms with van der Waals surface area (Å²) in [5.74, 6) is 0.458. The van der Waals surface area contributed by atoms with Crippen molar-refractivity contribution in [2.75, 3.05) is 6.61 Å². The molecule has 2 N–H and O–H groups in total. The molecule has 138 valence electrons. The Balaban J connectivity index is 1.88. The third kappa shape index (κ3) is 5.24. The highest BCUT2D eigenvalue weighted by Gasteiger charge is 2.16. The minimum atomic E-state index is -0.771. The summed E-state index contributed by atoms with van der Waals surface area (Å²) >= 11 is 0. The van der Waals surface area contributed by atoms with Crippen LogP contribution in [0, 0.1) is 13.8 Å². The minimum absolute atomic E-state index is 0.368. The van der Waals surface area contributed by atoms with Crippen molar-refractivity contribution < 1.29 is 19.1 Å². The van der Waals surface area contributed by atoms with Crippen LogP contribution in [0.2, 0.25) is 0 Å². The quantitative estimate of drug-likeness (QED) is 0.780. The van der Waals surface area contributed by atoms with Gasteiger partial charge in [0, 0.05) is 5.56 Å². The molecule has 0 bridgehead atoms. The smallest absolute Gasteiger partial charge is 0.279 e. The molecule has 0 saturated carbocycles. The number of nitrogens with one attached hydrogen (secondary N) is 2. The van der Waals surface area contributed by atoms with E-state index in [-0.39, 0.29) is 5.91 Å². The average molecular weight is 356 g/mol. The van der Waals surface area contributed by atoms with Crippen LogP contribution in [-0.2, 0) is 4.79 Å². The van der Waals surface area contributed by atoms with Crippen LogP contribution in [0.4, 0.5) is 0 Å². The van der Waals surface area contributed by atoms with Crippen LogP contribution in [-0.4, -0.2) is 24.5 Å². The highest BCUT2D eigenvalue weighted by Crippen LogP contribution is 2.18. The molecular weight excluding hydrogens is 332 g/mol. The van der Waals surface area contributed by atoms with Crippen LogP contribution in [0.1, 0.15) is 35.3 Å². The van der Waals surface area contributed by atoms with Gasteiger partial charge in [-0.25, -0.2) is 0 Å². The number of benzene rings is 2. The SMILES string of the molecule is CCOc1ccc(O[C@@H](C)C(=O)NNC(=O)c2cc(C)ccc2C)cc1. The van der Waals surface area contributed by atoms with Gasteiger partial charge < -0.3 is 9.47 Å². The molecule has 0 spiro atoms. The second-order valence-electron chi connectivity index (χ2n) is 5.93. The highest BCUT2D eigenvalue weighted by atomic mass is 16.5. The number of carbonyl (C=O) groups excluding carboxylic acids is 2. The molecule has 0 saturated heterocycles. The van der Waals surface area contributed by atoms with Gasteiger partial charge >= 0.3 is 0 Å². The van der Waals surface area contributed by atoms with Gasteiger partial charge in [0.15, 0.2) is 6.10 Å². The van der Waals surface area contributed by atoms with Gasteiger partial charge in [-0.1, -0.05) is 17.7 Å². The molecule has 2 rings (SSSR count). The summed E-state index contributed by atoms with van der Waals surface area (Å²) in [5, 5.41) is 0. The molecule has 2 aromatic rings. The van der Waals surface area contributed by atoms with Gasteiger partial charge in [0.1, 0.15) is 11.5 Å². The summed E-state index contributed by atoms with van der Waals surface area (Å²) in [6.07, 6.45) is -0.771. The van der Waals surface area contributed by atoms with E-state index < -0.39 is 12.0 Å².